The van der Waals surface area contributed by atoms with Gasteiger partial charge in [-0.25, -0.2) is 14.9 Å². The number of hydrogen-bond acceptors (Lipinski definition) is 4. The van der Waals surface area contributed by atoms with Gasteiger partial charge in [-0.15, -0.1) is 24.8 Å². The molecule has 0 spiro atoms. The molecular weight excluding hydrogens is 406 g/mol. The number of hydrogen-bond donors (Lipinski definition) is 3. The molecule has 1 amide bonds. The monoisotopic (exact) mass is 430 g/mol. The number of nitrogens with zero attached hydrogens (tertiary/aromatic N) is 2. The molecule has 1 saturated carbocycles. The van der Waals surface area contributed by atoms with E-state index in [4.69, 9.17) is 5.21 Å². The van der Waals surface area contributed by atoms with Gasteiger partial charge in [-0.05, 0) is 42.5 Å². The molecule has 0 aliphatic heterocycles. The number of halogens is 3. The predicted molar refractivity (Wildman–Crippen MR) is 112 cm³/mol. The smallest absolute Gasteiger partial charge is 0.267 e. The minimum Gasteiger partial charge on any atom is -0.352 e. The Hall–Kier alpha value is -2.09. The van der Waals surface area contributed by atoms with Gasteiger partial charge in [0.15, 0.2) is 11.6 Å². The van der Waals surface area contributed by atoms with Gasteiger partial charge in [0.2, 0.25) is 0 Å². The van der Waals surface area contributed by atoms with Crippen LogP contribution >= 0.6 is 24.8 Å². The Morgan fingerprint density at radius 3 is 2.75 bits per heavy atom. The molecule has 0 saturated heterocycles. The third kappa shape index (κ3) is 6.82. The van der Waals surface area contributed by atoms with Crippen LogP contribution in [-0.4, -0.2) is 20.7 Å². The highest BCUT2D eigenvalue weighted by molar-refractivity contribution is 5.90. The van der Waals surface area contributed by atoms with E-state index in [1.807, 2.05) is 18.5 Å². The van der Waals surface area contributed by atoms with Gasteiger partial charge in [0, 0.05) is 31.2 Å². The highest BCUT2D eigenvalue weighted by Crippen LogP contribution is 2.26. The van der Waals surface area contributed by atoms with Crippen molar-refractivity contribution >= 4 is 48.3 Å². The van der Waals surface area contributed by atoms with E-state index in [0.29, 0.717) is 5.56 Å². The molecule has 6 nitrogen and oxygen atoms in total. The maximum Gasteiger partial charge on any atom is 0.267 e. The average molecular weight is 431 g/mol. The number of aromatic nitrogens is 2. The fraction of sp³-hybridized carbons (Fsp3) is 0.368. The number of rotatable bonds is 6. The highest BCUT2D eigenvalue weighted by atomic mass is 35.5. The molecule has 3 rings (SSSR count). The van der Waals surface area contributed by atoms with Gasteiger partial charge < -0.3 is 9.88 Å². The minimum atomic E-state index is -0.688. The van der Waals surface area contributed by atoms with E-state index in [1.54, 1.807) is 0 Å². The summed E-state index contributed by atoms with van der Waals surface area (Å²) in [5.74, 6) is -0.353. The van der Waals surface area contributed by atoms with Crippen molar-refractivity contribution in [1.82, 2.24) is 15.0 Å². The van der Waals surface area contributed by atoms with E-state index in [-0.39, 0.29) is 30.6 Å². The summed E-state index contributed by atoms with van der Waals surface area (Å²) in [4.78, 5) is 15.0. The van der Waals surface area contributed by atoms with Crippen LogP contribution in [0.25, 0.3) is 6.08 Å². The molecule has 2 aromatic rings. The molecule has 1 aliphatic rings. The summed E-state index contributed by atoms with van der Waals surface area (Å²) in [6.45, 7) is 0.994. The fourth-order valence-electron chi connectivity index (χ4n) is 3.28. The van der Waals surface area contributed by atoms with Crippen molar-refractivity contribution in [3.8, 4) is 0 Å². The van der Waals surface area contributed by atoms with Gasteiger partial charge in [-0.3, -0.25) is 10.0 Å². The summed E-state index contributed by atoms with van der Waals surface area (Å²) in [6, 6.07) is 3.18. The third-order valence-electron chi connectivity index (χ3n) is 4.61. The summed E-state index contributed by atoms with van der Waals surface area (Å²) < 4.78 is 16.3. The summed E-state index contributed by atoms with van der Waals surface area (Å²) in [5.41, 5.74) is 2.68. The number of pyridine rings is 1. The molecule has 0 bridgehead atoms. The predicted octanol–water partition coefficient (Wildman–Crippen LogP) is 4.71. The fourth-order valence-corrected chi connectivity index (χ4v) is 3.28. The number of amides is 1. The van der Waals surface area contributed by atoms with Crippen molar-refractivity contribution in [1.29, 1.82) is 0 Å². The SMILES string of the molecule is Cl.Cl.O=C(C=Cc1cnc(Nc2ccn(CC3CCCCC3)c2)c(F)c1)NO. The van der Waals surface area contributed by atoms with Crippen LogP contribution in [0.2, 0.25) is 0 Å². The van der Waals surface area contributed by atoms with Gasteiger partial charge >= 0.3 is 0 Å². The zero-order valence-corrected chi connectivity index (χ0v) is 16.9. The maximum atomic E-state index is 14.2. The van der Waals surface area contributed by atoms with Crippen LogP contribution in [0.4, 0.5) is 15.9 Å². The quantitative estimate of drug-likeness (QED) is 0.352. The lowest BCUT2D eigenvalue weighted by Crippen LogP contribution is -2.14. The molecule has 3 N–H and O–H groups in total. The van der Waals surface area contributed by atoms with Crippen LogP contribution in [0, 0.1) is 11.7 Å². The first-order valence-corrected chi connectivity index (χ1v) is 8.84. The van der Waals surface area contributed by atoms with Crippen molar-refractivity contribution in [2.75, 3.05) is 5.32 Å². The first kappa shape index (κ1) is 23.9. The summed E-state index contributed by atoms with van der Waals surface area (Å²) >= 11 is 0. The summed E-state index contributed by atoms with van der Waals surface area (Å²) in [6.07, 6.45) is 14.4. The Balaban J connectivity index is 0.00000196. The van der Waals surface area contributed by atoms with Crippen LogP contribution in [0.5, 0.6) is 0 Å². The molecule has 9 heteroatoms. The molecule has 2 heterocycles. The van der Waals surface area contributed by atoms with Gasteiger partial charge in [0.1, 0.15) is 0 Å². The second-order valence-electron chi connectivity index (χ2n) is 6.63. The number of carbonyl (C=O) groups is 1. The molecule has 1 aliphatic carbocycles. The average Bonchev–Trinajstić information content (AvgIpc) is 3.09. The van der Waals surface area contributed by atoms with E-state index in [2.05, 4.69) is 14.9 Å². The van der Waals surface area contributed by atoms with Crippen LogP contribution in [0.3, 0.4) is 0 Å². The second-order valence-corrected chi connectivity index (χ2v) is 6.63. The van der Waals surface area contributed by atoms with Gasteiger partial charge in [-0.2, -0.15) is 0 Å². The number of hydroxylamine groups is 1. The molecular formula is C19H25Cl2FN4O2. The lowest BCUT2D eigenvalue weighted by molar-refractivity contribution is -0.124. The highest BCUT2D eigenvalue weighted by Gasteiger charge is 2.14. The molecule has 0 unspecified atom stereocenters. The van der Waals surface area contributed by atoms with Crippen molar-refractivity contribution in [2.24, 2.45) is 5.92 Å². The van der Waals surface area contributed by atoms with E-state index < -0.39 is 11.7 Å². The minimum absolute atomic E-state index is 0. The van der Waals surface area contributed by atoms with E-state index >= 15 is 0 Å². The molecule has 0 atom stereocenters. The first-order valence-electron chi connectivity index (χ1n) is 8.84. The second kappa shape index (κ2) is 11.7. The zero-order chi connectivity index (χ0) is 18.4. The van der Waals surface area contributed by atoms with Crippen LogP contribution in [-0.2, 0) is 11.3 Å². The number of carbonyl (C=O) groups excluding carboxylic acids is 1. The molecule has 1 fully saturated rings. The van der Waals surface area contributed by atoms with Crippen molar-refractivity contribution < 1.29 is 14.4 Å². The Labute approximate surface area is 176 Å². The number of anilines is 2. The zero-order valence-electron chi connectivity index (χ0n) is 15.3. The van der Waals surface area contributed by atoms with Crippen molar-refractivity contribution in [2.45, 2.75) is 38.6 Å². The Bertz CT molecular complexity index is 792. The van der Waals surface area contributed by atoms with E-state index in [0.717, 1.165) is 24.2 Å². The maximum absolute atomic E-state index is 14.2. The van der Waals surface area contributed by atoms with Gasteiger partial charge in [0.05, 0.1) is 5.69 Å². The molecule has 154 valence electrons. The van der Waals surface area contributed by atoms with E-state index in [1.165, 1.54) is 55.9 Å². The van der Waals surface area contributed by atoms with Crippen molar-refractivity contribution in [3.05, 3.63) is 48.2 Å². The number of nitrogens with one attached hydrogen (secondary N) is 2. The first-order chi connectivity index (χ1) is 12.6. The largest absolute Gasteiger partial charge is 0.352 e. The van der Waals surface area contributed by atoms with E-state index in [9.17, 15) is 9.18 Å². The normalized spacial score (nSPS) is 14.2. The third-order valence-corrected chi connectivity index (χ3v) is 4.61. The lowest BCUT2D eigenvalue weighted by atomic mass is 9.89. The Morgan fingerprint density at radius 1 is 1.32 bits per heavy atom. The topological polar surface area (TPSA) is 79.2 Å². The Morgan fingerprint density at radius 2 is 2.07 bits per heavy atom. The van der Waals surface area contributed by atoms with Crippen molar-refractivity contribution in [3.63, 3.8) is 0 Å². The van der Waals surface area contributed by atoms with Crippen LogP contribution in [0.1, 0.15) is 37.7 Å². The molecule has 2 aromatic heterocycles. The standard InChI is InChI=1S/C19H23FN4O2.2ClH/c20-17-10-15(6-7-18(25)23-26)11-21-19(17)22-16-8-9-24(13-16)12-14-4-2-1-3-5-14;;/h6-11,13-14,26H,1-5,12H2,(H,21,22)(H,23,25);2*1H. The van der Waals surface area contributed by atoms with Crippen LogP contribution in [0.15, 0.2) is 36.8 Å². The van der Waals surface area contributed by atoms with Gasteiger partial charge in [0.25, 0.3) is 5.91 Å². The summed E-state index contributed by atoms with van der Waals surface area (Å²) in [5, 5.41) is 11.4. The lowest BCUT2D eigenvalue weighted by Gasteiger charge is -2.21. The molecule has 28 heavy (non-hydrogen) atoms. The van der Waals surface area contributed by atoms with Crippen LogP contribution < -0.4 is 10.8 Å². The molecule has 0 radical (unpaired) electrons. The summed E-state index contributed by atoms with van der Waals surface area (Å²) in [7, 11) is 0. The van der Waals surface area contributed by atoms with Gasteiger partial charge in [-0.1, -0.05) is 19.3 Å². The Kier molecular flexibility index (Phi) is 9.99. The molecule has 0 aromatic carbocycles.